The molecule has 2 aromatic rings. The summed E-state index contributed by atoms with van der Waals surface area (Å²) in [5.74, 6) is 0.705. The monoisotopic (exact) mass is 385 g/mol. The van der Waals surface area contributed by atoms with E-state index in [2.05, 4.69) is 29.0 Å². The number of carbonyl (C=O) groups is 1. The Morgan fingerprint density at radius 1 is 1.33 bits per heavy atom. The topological polar surface area (TPSA) is 45.2 Å². The lowest BCUT2D eigenvalue weighted by molar-refractivity contribution is -0.134. The average molecular weight is 386 g/mol. The highest BCUT2D eigenvalue weighted by Crippen LogP contribution is 2.28. The van der Waals surface area contributed by atoms with Gasteiger partial charge in [0.1, 0.15) is 0 Å². The Bertz CT molecular complexity index is 750. The van der Waals surface area contributed by atoms with Gasteiger partial charge in [0, 0.05) is 35.7 Å². The molecule has 0 radical (unpaired) electrons. The number of nitrogens with zero attached hydrogens (tertiary/aromatic N) is 2. The highest BCUT2D eigenvalue weighted by Gasteiger charge is 2.34. The smallest absolute Gasteiger partial charge is 0.227 e. The maximum atomic E-state index is 13.1. The van der Waals surface area contributed by atoms with Crippen molar-refractivity contribution < 1.29 is 4.79 Å². The molecule has 1 saturated heterocycles. The van der Waals surface area contributed by atoms with Crippen molar-refractivity contribution in [3.8, 4) is 0 Å². The summed E-state index contributed by atoms with van der Waals surface area (Å²) < 4.78 is 0. The summed E-state index contributed by atoms with van der Waals surface area (Å²) in [6.45, 7) is 5.26. The number of rotatable bonds is 6. The van der Waals surface area contributed by atoms with E-state index in [4.69, 9.17) is 11.6 Å². The number of hydrogen-bond donors (Lipinski definition) is 1. The molecule has 1 aliphatic rings. The molecule has 2 heterocycles. The molecule has 0 bridgehead atoms. The first kappa shape index (κ1) is 19.7. The van der Waals surface area contributed by atoms with Crippen molar-refractivity contribution in [2.75, 3.05) is 11.9 Å². The fourth-order valence-electron chi connectivity index (χ4n) is 3.88. The molecule has 1 aromatic heterocycles. The van der Waals surface area contributed by atoms with E-state index >= 15 is 0 Å². The molecular formula is C22H28ClN3O. The molecule has 0 aliphatic carbocycles. The predicted octanol–water partition coefficient (Wildman–Crippen LogP) is 4.80. The molecule has 1 amide bonds. The molecule has 4 nitrogen and oxygen atoms in total. The third kappa shape index (κ3) is 5.46. The van der Waals surface area contributed by atoms with Gasteiger partial charge in [0.25, 0.3) is 0 Å². The predicted molar refractivity (Wildman–Crippen MR) is 111 cm³/mol. The van der Waals surface area contributed by atoms with Crippen LogP contribution in [0.3, 0.4) is 0 Å². The number of nitrogens with one attached hydrogen (secondary N) is 1. The number of piperidine rings is 1. The van der Waals surface area contributed by atoms with Crippen LogP contribution >= 0.6 is 11.6 Å². The molecule has 3 rings (SSSR count). The van der Waals surface area contributed by atoms with Gasteiger partial charge in [-0.3, -0.25) is 9.78 Å². The molecule has 5 heteroatoms. The zero-order valence-electron chi connectivity index (χ0n) is 16.1. The van der Waals surface area contributed by atoms with Crippen LogP contribution in [0, 0.1) is 5.92 Å². The molecule has 144 valence electrons. The number of carbonyl (C=O) groups excluding carboxylic acids is 1. The van der Waals surface area contributed by atoms with Crippen LogP contribution in [0.25, 0.3) is 0 Å². The number of pyridine rings is 1. The first-order chi connectivity index (χ1) is 13.0. The molecule has 0 saturated carbocycles. The third-order valence-corrected chi connectivity index (χ3v) is 5.30. The number of halogens is 1. The van der Waals surface area contributed by atoms with Crippen molar-refractivity contribution in [1.29, 1.82) is 0 Å². The SMILES string of the molecule is CC(C)C[C@@H]1[C@H](Nc2cccc(Cl)c2)CCCN1C(=O)Cc1cccnc1. The molecule has 1 aromatic carbocycles. The van der Waals surface area contributed by atoms with Gasteiger partial charge in [0.05, 0.1) is 12.5 Å². The second-order valence-electron chi connectivity index (χ2n) is 7.73. The zero-order valence-corrected chi connectivity index (χ0v) is 16.8. The van der Waals surface area contributed by atoms with Gasteiger partial charge in [-0.25, -0.2) is 0 Å². The number of anilines is 1. The van der Waals surface area contributed by atoms with Gasteiger partial charge in [0.2, 0.25) is 5.91 Å². The first-order valence-electron chi connectivity index (χ1n) is 9.73. The zero-order chi connectivity index (χ0) is 19.2. The van der Waals surface area contributed by atoms with Gasteiger partial charge in [-0.2, -0.15) is 0 Å². The lowest BCUT2D eigenvalue weighted by Crippen LogP contribution is -2.54. The molecule has 1 fully saturated rings. The van der Waals surface area contributed by atoms with Gasteiger partial charge in [-0.1, -0.05) is 37.6 Å². The van der Waals surface area contributed by atoms with Crippen molar-refractivity contribution in [1.82, 2.24) is 9.88 Å². The summed E-state index contributed by atoms with van der Waals surface area (Å²) in [5.41, 5.74) is 1.98. The van der Waals surface area contributed by atoms with Crippen LogP contribution in [0.1, 0.15) is 38.7 Å². The van der Waals surface area contributed by atoms with Crippen molar-refractivity contribution in [2.24, 2.45) is 5.92 Å². The van der Waals surface area contributed by atoms with Crippen LogP contribution in [0.4, 0.5) is 5.69 Å². The standard InChI is InChI=1S/C22H28ClN3O/c1-16(2)12-21-20(25-19-8-3-7-18(23)14-19)9-5-11-26(21)22(27)13-17-6-4-10-24-15-17/h3-4,6-8,10,14-16,20-21,25H,5,9,11-13H2,1-2H3/t20-,21-/m1/s1. The largest absolute Gasteiger partial charge is 0.380 e. The van der Waals surface area contributed by atoms with Crippen molar-refractivity contribution in [3.63, 3.8) is 0 Å². The molecule has 27 heavy (non-hydrogen) atoms. The number of benzene rings is 1. The summed E-state index contributed by atoms with van der Waals surface area (Å²) >= 11 is 6.14. The minimum atomic E-state index is 0.182. The molecule has 2 atom stereocenters. The molecular weight excluding hydrogens is 358 g/mol. The summed E-state index contributed by atoms with van der Waals surface area (Å²) in [6, 6.07) is 12.1. The van der Waals surface area contributed by atoms with Crippen LogP contribution < -0.4 is 5.32 Å². The Hall–Kier alpha value is -2.07. The third-order valence-electron chi connectivity index (χ3n) is 5.07. The van der Waals surface area contributed by atoms with Gasteiger partial charge in [-0.05, 0) is 55.0 Å². The Morgan fingerprint density at radius 2 is 2.19 bits per heavy atom. The Morgan fingerprint density at radius 3 is 2.89 bits per heavy atom. The second kappa shape index (κ2) is 9.23. The summed E-state index contributed by atoms with van der Waals surface area (Å²) in [7, 11) is 0. The number of likely N-dealkylation sites (tertiary alicyclic amines) is 1. The van der Waals surface area contributed by atoms with Crippen molar-refractivity contribution >= 4 is 23.2 Å². The van der Waals surface area contributed by atoms with E-state index in [1.165, 1.54) is 0 Å². The fourth-order valence-corrected chi connectivity index (χ4v) is 4.07. The Kier molecular flexibility index (Phi) is 6.73. The maximum absolute atomic E-state index is 13.1. The second-order valence-corrected chi connectivity index (χ2v) is 8.16. The van der Waals surface area contributed by atoms with E-state index in [0.717, 1.165) is 42.1 Å². The van der Waals surface area contributed by atoms with E-state index in [0.29, 0.717) is 12.3 Å². The quantitative estimate of drug-likeness (QED) is 0.777. The number of amides is 1. The normalized spacial score (nSPS) is 19.9. The minimum absolute atomic E-state index is 0.182. The van der Waals surface area contributed by atoms with Crippen molar-refractivity contribution in [2.45, 2.75) is 51.6 Å². The fraction of sp³-hybridized carbons (Fsp3) is 0.455. The summed E-state index contributed by atoms with van der Waals surface area (Å²) in [4.78, 5) is 19.3. The van der Waals surface area contributed by atoms with Gasteiger partial charge in [0.15, 0.2) is 0 Å². The van der Waals surface area contributed by atoms with Crippen LogP contribution in [0.2, 0.25) is 5.02 Å². The molecule has 1 N–H and O–H groups in total. The van der Waals surface area contributed by atoms with Gasteiger partial charge in [-0.15, -0.1) is 0 Å². The van der Waals surface area contributed by atoms with Gasteiger partial charge >= 0.3 is 0 Å². The van der Waals surface area contributed by atoms with Crippen molar-refractivity contribution in [3.05, 3.63) is 59.4 Å². The molecule has 1 aliphatic heterocycles. The highest BCUT2D eigenvalue weighted by atomic mass is 35.5. The molecule has 0 spiro atoms. The van der Waals surface area contributed by atoms with E-state index < -0.39 is 0 Å². The van der Waals surface area contributed by atoms with E-state index in [-0.39, 0.29) is 18.0 Å². The lowest BCUT2D eigenvalue weighted by Gasteiger charge is -2.43. The average Bonchev–Trinajstić information content (AvgIpc) is 2.63. The number of aromatic nitrogens is 1. The summed E-state index contributed by atoms with van der Waals surface area (Å²) in [6.07, 6.45) is 6.97. The van der Waals surface area contributed by atoms with Crippen LogP contribution in [-0.2, 0) is 11.2 Å². The van der Waals surface area contributed by atoms with E-state index in [9.17, 15) is 4.79 Å². The van der Waals surface area contributed by atoms with Crippen LogP contribution in [0.15, 0.2) is 48.8 Å². The van der Waals surface area contributed by atoms with Gasteiger partial charge < -0.3 is 10.2 Å². The van der Waals surface area contributed by atoms with Crippen LogP contribution in [-0.4, -0.2) is 34.4 Å². The summed E-state index contributed by atoms with van der Waals surface area (Å²) in [5, 5.41) is 4.36. The van der Waals surface area contributed by atoms with Crippen LogP contribution in [0.5, 0.6) is 0 Å². The molecule has 0 unspecified atom stereocenters. The lowest BCUT2D eigenvalue weighted by atomic mass is 9.88. The highest BCUT2D eigenvalue weighted by molar-refractivity contribution is 6.30. The Balaban J connectivity index is 1.76. The number of hydrogen-bond acceptors (Lipinski definition) is 3. The Labute approximate surface area is 166 Å². The minimum Gasteiger partial charge on any atom is -0.380 e. The van der Waals surface area contributed by atoms with E-state index in [1.807, 2.05) is 36.4 Å². The maximum Gasteiger partial charge on any atom is 0.227 e. The van der Waals surface area contributed by atoms with E-state index in [1.54, 1.807) is 12.4 Å². The first-order valence-corrected chi connectivity index (χ1v) is 10.1.